The number of carbonyl (C=O) groups is 3. The number of unbranched alkanes of at least 4 members (excludes halogenated alkanes) is 23. The van der Waals surface area contributed by atoms with Crippen molar-refractivity contribution in [1.82, 2.24) is 0 Å². The number of hydrogen-bond donors (Lipinski definition) is 0. The summed E-state index contributed by atoms with van der Waals surface area (Å²) >= 11 is 0. The Bertz CT molecular complexity index is 1550. The van der Waals surface area contributed by atoms with Gasteiger partial charge in [0.2, 0.25) is 0 Å². The van der Waals surface area contributed by atoms with E-state index in [9.17, 15) is 14.4 Å². The summed E-state index contributed by atoms with van der Waals surface area (Å²) in [5, 5.41) is 0. The van der Waals surface area contributed by atoms with Gasteiger partial charge in [-0.25, -0.2) is 0 Å². The highest BCUT2D eigenvalue weighted by Gasteiger charge is 2.19. The zero-order chi connectivity index (χ0) is 53.6. The molecule has 74 heavy (non-hydrogen) atoms. The molecule has 0 aliphatic heterocycles. The van der Waals surface area contributed by atoms with E-state index >= 15 is 0 Å². The van der Waals surface area contributed by atoms with Crippen LogP contribution in [0.25, 0.3) is 0 Å². The first kappa shape index (κ1) is 69.8. The molecule has 0 bridgehead atoms. The van der Waals surface area contributed by atoms with Crippen LogP contribution in [0.2, 0.25) is 0 Å². The van der Waals surface area contributed by atoms with Gasteiger partial charge in [0.15, 0.2) is 6.10 Å². The third-order valence-corrected chi connectivity index (χ3v) is 12.7. The van der Waals surface area contributed by atoms with Crippen LogP contribution in [-0.4, -0.2) is 37.2 Å². The fourth-order valence-corrected chi connectivity index (χ4v) is 8.20. The number of rotatable bonds is 54. The summed E-state index contributed by atoms with van der Waals surface area (Å²) < 4.78 is 16.9. The fourth-order valence-electron chi connectivity index (χ4n) is 8.20. The minimum Gasteiger partial charge on any atom is -0.462 e. The van der Waals surface area contributed by atoms with E-state index in [1.54, 1.807) is 0 Å². The molecule has 0 spiro atoms. The number of hydrogen-bond acceptors (Lipinski definition) is 6. The molecule has 0 rings (SSSR count). The van der Waals surface area contributed by atoms with Gasteiger partial charge >= 0.3 is 17.9 Å². The van der Waals surface area contributed by atoms with Crippen LogP contribution in [0.3, 0.4) is 0 Å². The molecule has 0 aliphatic carbocycles. The summed E-state index contributed by atoms with van der Waals surface area (Å²) in [5.41, 5.74) is 0. The van der Waals surface area contributed by atoms with Crippen molar-refractivity contribution in [2.45, 2.75) is 277 Å². The number of carbonyl (C=O) groups excluding carboxylic acids is 3. The summed E-state index contributed by atoms with van der Waals surface area (Å²) in [5.74, 6) is -0.966. The highest BCUT2D eigenvalue weighted by Crippen LogP contribution is 2.16. The molecule has 1 unspecified atom stereocenters. The number of ether oxygens (including phenoxy) is 3. The lowest BCUT2D eigenvalue weighted by atomic mass is 10.0. The Hall–Kier alpha value is -4.19. The second-order valence-electron chi connectivity index (χ2n) is 19.9. The molecular weight excluding hydrogens is 913 g/mol. The van der Waals surface area contributed by atoms with E-state index in [1.165, 1.54) is 96.3 Å². The van der Waals surface area contributed by atoms with Crippen molar-refractivity contribution >= 4 is 17.9 Å². The maximum atomic E-state index is 12.9. The third kappa shape index (κ3) is 58.7. The van der Waals surface area contributed by atoms with Crippen molar-refractivity contribution in [2.24, 2.45) is 0 Å². The first-order valence-corrected chi connectivity index (χ1v) is 30.5. The van der Waals surface area contributed by atoms with E-state index in [2.05, 4.69) is 142 Å². The molecule has 0 amide bonds. The fraction of sp³-hybridized carbons (Fsp3) is 0.662. The van der Waals surface area contributed by atoms with Gasteiger partial charge in [0.05, 0.1) is 0 Å². The molecule has 420 valence electrons. The summed E-state index contributed by atoms with van der Waals surface area (Å²) in [6.45, 7) is 6.37. The van der Waals surface area contributed by atoms with Crippen molar-refractivity contribution in [3.05, 3.63) is 122 Å². The highest BCUT2D eigenvalue weighted by atomic mass is 16.6. The molecule has 6 heteroatoms. The Kier molecular flexibility index (Phi) is 57.9. The van der Waals surface area contributed by atoms with Crippen molar-refractivity contribution in [3.8, 4) is 0 Å². The molecule has 1 atom stereocenters. The molecule has 0 radical (unpaired) electrons. The molecule has 0 aromatic heterocycles. The maximum Gasteiger partial charge on any atom is 0.306 e. The minimum atomic E-state index is -0.809. The molecule has 0 saturated heterocycles. The van der Waals surface area contributed by atoms with E-state index in [4.69, 9.17) is 14.2 Å². The van der Waals surface area contributed by atoms with E-state index in [1.807, 2.05) is 0 Å². The van der Waals surface area contributed by atoms with Crippen molar-refractivity contribution in [2.75, 3.05) is 13.2 Å². The van der Waals surface area contributed by atoms with Crippen LogP contribution in [-0.2, 0) is 28.6 Å². The normalized spacial score (nSPS) is 13.0. The smallest absolute Gasteiger partial charge is 0.306 e. The van der Waals surface area contributed by atoms with Crippen LogP contribution < -0.4 is 0 Å². The van der Waals surface area contributed by atoms with E-state index in [0.717, 1.165) is 128 Å². The predicted molar refractivity (Wildman–Crippen MR) is 320 cm³/mol. The molecule has 0 saturated carbocycles. The molecule has 6 nitrogen and oxygen atoms in total. The van der Waals surface area contributed by atoms with Gasteiger partial charge in [0, 0.05) is 19.3 Å². The quantitative estimate of drug-likeness (QED) is 0.0261. The Morgan fingerprint density at radius 3 is 0.851 bits per heavy atom. The molecular formula is C68H112O6. The third-order valence-electron chi connectivity index (χ3n) is 12.7. The average molecular weight is 1030 g/mol. The van der Waals surface area contributed by atoms with Gasteiger partial charge in [0.25, 0.3) is 0 Å². The second kappa shape index (κ2) is 61.4. The summed E-state index contributed by atoms with van der Waals surface area (Å²) in [7, 11) is 0. The van der Waals surface area contributed by atoms with Gasteiger partial charge in [-0.15, -0.1) is 0 Å². The van der Waals surface area contributed by atoms with Crippen LogP contribution in [0.5, 0.6) is 0 Å². The van der Waals surface area contributed by atoms with Crippen LogP contribution in [0.15, 0.2) is 122 Å². The van der Waals surface area contributed by atoms with Crippen molar-refractivity contribution < 1.29 is 28.6 Å². The van der Waals surface area contributed by atoms with Gasteiger partial charge in [-0.05, 0) is 109 Å². The highest BCUT2D eigenvalue weighted by molar-refractivity contribution is 5.71. The molecule has 0 aliphatic rings. The lowest BCUT2D eigenvalue weighted by Crippen LogP contribution is -2.30. The van der Waals surface area contributed by atoms with E-state index in [-0.39, 0.29) is 31.1 Å². The predicted octanol–water partition coefficient (Wildman–Crippen LogP) is 20.8. The van der Waals surface area contributed by atoms with Gasteiger partial charge in [-0.1, -0.05) is 264 Å². The largest absolute Gasteiger partial charge is 0.462 e. The van der Waals surface area contributed by atoms with Gasteiger partial charge in [-0.3, -0.25) is 14.4 Å². The summed E-state index contributed by atoms with van der Waals surface area (Å²) in [4.78, 5) is 38.3. The van der Waals surface area contributed by atoms with Gasteiger partial charge in [0.1, 0.15) is 13.2 Å². The second-order valence-corrected chi connectivity index (χ2v) is 19.9. The SMILES string of the molecule is CC/C=C\C/C=C\C/C=C\C/C=C\C/C=C\C/C=C\CCCCC(=O)OCC(COC(=O)CCCCCC/C=C\C/C=C\C/C=C\C/C=C\CC)OC(=O)CCCCCCCCCCCCCCCCCCCC. The van der Waals surface area contributed by atoms with Crippen molar-refractivity contribution in [3.63, 3.8) is 0 Å². The molecule has 0 aromatic rings. The maximum absolute atomic E-state index is 12.9. The monoisotopic (exact) mass is 1020 g/mol. The number of allylic oxidation sites excluding steroid dienone is 20. The van der Waals surface area contributed by atoms with Crippen LogP contribution in [0.4, 0.5) is 0 Å². The van der Waals surface area contributed by atoms with Crippen LogP contribution >= 0.6 is 0 Å². The summed E-state index contributed by atoms with van der Waals surface area (Å²) in [6, 6.07) is 0. The zero-order valence-corrected chi connectivity index (χ0v) is 48.1. The van der Waals surface area contributed by atoms with Crippen molar-refractivity contribution in [1.29, 1.82) is 0 Å². The molecule has 0 fully saturated rings. The van der Waals surface area contributed by atoms with Crippen LogP contribution in [0.1, 0.15) is 271 Å². The lowest BCUT2D eigenvalue weighted by molar-refractivity contribution is -0.167. The molecule has 0 aromatic carbocycles. The molecule has 0 N–H and O–H groups in total. The topological polar surface area (TPSA) is 78.9 Å². The first-order chi connectivity index (χ1) is 36.5. The Morgan fingerprint density at radius 2 is 0.527 bits per heavy atom. The Balaban J connectivity index is 4.50. The minimum absolute atomic E-state index is 0.106. The Morgan fingerprint density at radius 1 is 0.284 bits per heavy atom. The first-order valence-electron chi connectivity index (χ1n) is 30.5. The van der Waals surface area contributed by atoms with E-state index < -0.39 is 6.10 Å². The average Bonchev–Trinajstić information content (AvgIpc) is 3.40. The lowest BCUT2D eigenvalue weighted by Gasteiger charge is -2.18. The summed E-state index contributed by atoms with van der Waals surface area (Å²) in [6.07, 6.45) is 84.8. The molecule has 0 heterocycles. The Labute approximate surface area is 456 Å². The van der Waals surface area contributed by atoms with E-state index in [0.29, 0.717) is 25.7 Å². The zero-order valence-electron chi connectivity index (χ0n) is 48.1. The van der Waals surface area contributed by atoms with Crippen LogP contribution in [0, 0.1) is 0 Å². The number of esters is 3. The van der Waals surface area contributed by atoms with Gasteiger partial charge < -0.3 is 14.2 Å². The van der Waals surface area contributed by atoms with Gasteiger partial charge in [-0.2, -0.15) is 0 Å². The standard InChI is InChI=1S/C68H112O6/c1-4-7-10-13-16-19-22-25-28-31-33-34-35-38-40-43-46-49-52-55-58-61-67(70)73-64-65(63-72-66(69)60-57-54-51-48-45-42-39-36-30-27-24-21-18-15-12-9-6-3)74-68(71)62-59-56-53-50-47-44-41-37-32-29-26-23-20-17-14-11-8-5-2/h7,9-10,12,16,18-19,21,25,27-28,30,33-34,38-40,42,46,49,65H,4-6,8,11,13-15,17,20,22-24,26,29,31-32,35-37,41,43-45,47-48,50-64H2,1-3H3/b10-7-,12-9-,19-16-,21-18-,28-25-,30-27-,34-33-,40-38-,42-39-,49-46-.